The van der Waals surface area contributed by atoms with Crippen LogP contribution in [0, 0.1) is 0 Å². The molecule has 1 heterocycles. The standard InChI is InChI=1S/C19H20N4O3/c1-12(14-7-8-15-16(11-14)23-19(26)22-15)21-17(24)9-10-20-18(25)13-5-3-2-4-6-13/h2-8,11-12H,9-10H2,1H3,(H,20,25)(H,21,24)(H2,22,23,26). The van der Waals surface area contributed by atoms with Crippen molar-refractivity contribution in [1.82, 2.24) is 20.6 Å². The van der Waals surface area contributed by atoms with Crippen LogP contribution in [0.15, 0.2) is 53.3 Å². The molecule has 4 N–H and O–H groups in total. The van der Waals surface area contributed by atoms with Crippen molar-refractivity contribution in [1.29, 1.82) is 0 Å². The lowest BCUT2D eigenvalue weighted by atomic mass is 10.1. The molecule has 1 atom stereocenters. The molecule has 0 saturated heterocycles. The number of hydrogen-bond donors (Lipinski definition) is 4. The van der Waals surface area contributed by atoms with Gasteiger partial charge in [0, 0.05) is 18.5 Å². The van der Waals surface area contributed by atoms with E-state index in [4.69, 9.17) is 0 Å². The lowest BCUT2D eigenvalue weighted by Crippen LogP contribution is -2.32. The van der Waals surface area contributed by atoms with Crippen molar-refractivity contribution in [2.75, 3.05) is 6.54 Å². The highest BCUT2D eigenvalue weighted by Crippen LogP contribution is 2.17. The Balaban J connectivity index is 1.50. The summed E-state index contributed by atoms with van der Waals surface area (Å²) in [6, 6.07) is 14.1. The Bertz CT molecular complexity index is 975. The molecular weight excluding hydrogens is 332 g/mol. The van der Waals surface area contributed by atoms with Gasteiger partial charge in [-0.3, -0.25) is 9.59 Å². The number of nitrogens with one attached hydrogen (secondary N) is 4. The average Bonchev–Trinajstić information content (AvgIpc) is 3.01. The Morgan fingerprint density at radius 2 is 1.77 bits per heavy atom. The zero-order valence-corrected chi connectivity index (χ0v) is 14.3. The van der Waals surface area contributed by atoms with Gasteiger partial charge in [-0.15, -0.1) is 0 Å². The molecule has 3 rings (SSSR count). The summed E-state index contributed by atoms with van der Waals surface area (Å²) in [5.74, 6) is -0.359. The van der Waals surface area contributed by atoms with Gasteiger partial charge in [0.15, 0.2) is 0 Å². The smallest absolute Gasteiger partial charge is 0.323 e. The van der Waals surface area contributed by atoms with Crippen molar-refractivity contribution in [3.8, 4) is 0 Å². The van der Waals surface area contributed by atoms with Gasteiger partial charge in [0.1, 0.15) is 0 Å². The van der Waals surface area contributed by atoms with Gasteiger partial charge in [0.25, 0.3) is 5.91 Å². The number of benzene rings is 2. The van der Waals surface area contributed by atoms with E-state index >= 15 is 0 Å². The molecule has 1 unspecified atom stereocenters. The van der Waals surface area contributed by atoms with Crippen LogP contribution in [0.4, 0.5) is 0 Å². The Morgan fingerprint density at radius 3 is 2.54 bits per heavy atom. The van der Waals surface area contributed by atoms with E-state index < -0.39 is 0 Å². The van der Waals surface area contributed by atoms with Crippen LogP contribution in [-0.2, 0) is 4.79 Å². The zero-order valence-electron chi connectivity index (χ0n) is 14.3. The first-order chi connectivity index (χ1) is 12.5. The fraction of sp³-hybridized carbons (Fsp3) is 0.211. The summed E-state index contributed by atoms with van der Waals surface area (Å²) in [5, 5.41) is 5.61. The highest BCUT2D eigenvalue weighted by atomic mass is 16.2. The third kappa shape index (κ3) is 4.18. The lowest BCUT2D eigenvalue weighted by Gasteiger charge is -2.14. The average molecular weight is 352 g/mol. The minimum absolute atomic E-state index is 0.159. The van der Waals surface area contributed by atoms with Gasteiger partial charge in [-0.2, -0.15) is 0 Å². The second kappa shape index (κ2) is 7.69. The van der Waals surface area contributed by atoms with Crippen LogP contribution in [-0.4, -0.2) is 28.3 Å². The zero-order chi connectivity index (χ0) is 18.5. The molecule has 1 aromatic heterocycles. The molecule has 0 spiro atoms. The molecule has 0 saturated carbocycles. The van der Waals surface area contributed by atoms with E-state index in [9.17, 15) is 14.4 Å². The Morgan fingerprint density at radius 1 is 1.04 bits per heavy atom. The summed E-state index contributed by atoms with van der Waals surface area (Å²) >= 11 is 0. The number of rotatable bonds is 6. The predicted molar refractivity (Wildman–Crippen MR) is 98.9 cm³/mol. The number of hydrogen-bond acceptors (Lipinski definition) is 3. The van der Waals surface area contributed by atoms with E-state index in [0.29, 0.717) is 11.1 Å². The van der Waals surface area contributed by atoms with Crippen molar-refractivity contribution in [3.05, 3.63) is 70.1 Å². The van der Waals surface area contributed by atoms with Crippen LogP contribution in [0.5, 0.6) is 0 Å². The Labute approximate surface area is 149 Å². The van der Waals surface area contributed by atoms with Crippen LogP contribution in [0.3, 0.4) is 0 Å². The van der Waals surface area contributed by atoms with Crippen molar-refractivity contribution < 1.29 is 9.59 Å². The lowest BCUT2D eigenvalue weighted by molar-refractivity contribution is -0.121. The molecular formula is C19H20N4O3. The number of H-pyrrole nitrogens is 2. The quantitative estimate of drug-likeness (QED) is 0.544. The molecule has 2 amide bonds. The molecule has 0 aliphatic rings. The van der Waals surface area contributed by atoms with Crippen LogP contribution in [0.1, 0.15) is 35.3 Å². The molecule has 0 aliphatic heterocycles. The monoisotopic (exact) mass is 352 g/mol. The summed E-state index contributed by atoms with van der Waals surface area (Å²) in [6.07, 6.45) is 0.187. The van der Waals surface area contributed by atoms with Gasteiger partial charge in [0.2, 0.25) is 5.91 Å². The summed E-state index contributed by atoms with van der Waals surface area (Å²) in [5.41, 5.74) is 2.61. The maximum Gasteiger partial charge on any atom is 0.323 e. The van der Waals surface area contributed by atoms with Gasteiger partial charge < -0.3 is 20.6 Å². The summed E-state index contributed by atoms with van der Waals surface area (Å²) in [7, 11) is 0. The first-order valence-corrected chi connectivity index (χ1v) is 8.37. The highest BCUT2D eigenvalue weighted by Gasteiger charge is 2.11. The van der Waals surface area contributed by atoms with E-state index in [-0.39, 0.29) is 36.5 Å². The van der Waals surface area contributed by atoms with Gasteiger partial charge in [-0.05, 0) is 36.8 Å². The molecule has 0 radical (unpaired) electrons. The third-order valence-electron chi connectivity index (χ3n) is 4.09. The molecule has 7 nitrogen and oxygen atoms in total. The van der Waals surface area contributed by atoms with Crippen molar-refractivity contribution >= 4 is 22.8 Å². The highest BCUT2D eigenvalue weighted by molar-refractivity contribution is 5.94. The van der Waals surface area contributed by atoms with Gasteiger partial charge >= 0.3 is 5.69 Å². The summed E-state index contributed by atoms with van der Waals surface area (Å²) in [6.45, 7) is 2.13. The van der Waals surface area contributed by atoms with Crippen LogP contribution in [0.25, 0.3) is 11.0 Å². The fourth-order valence-corrected chi connectivity index (χ4v) is 2.70. The van der Waals surface area contributed by atoms with Crippen LogP contribution >= 0.6 is 0 Å². The molecule has 0 fully saturated rings. The maximum absolute atomic E-state index is 12.1. The summed E-state index contributed by atoms with van der Waals surface area (Å²) in [4.78, 5) is 40.7. The normalized spacial score (nSPS) is 11.9. The topological polar surface area (TPSA) is 107 Å². The van der Waals surface area contributed by atoms with Crippen molar-refractivity contribution in [3.63, 3.8) is 0 Å². The maximum atomic E-state index is 12.1. The number of amides is 2. The van der Waals surface area contributed by atoms with E-state index in [1.807, 2.05) is 25.1 Å². The first-order valence-electron chi connectivity index (χ1n) is 8.37. The van der Waals surface area contributed by atoms with Crippen molar-refractivity contribution in [2.45, 2.75) is 19.4 Å². The van der Waals surface area contributed by atoms with Gasteiger partial charge in [-0.25, -0.2) is 4.79 Å². The van der Waals surface area contributed by atoms with E-state index in [0.717, 1.165) is 11.1 Å². The molecule has 26 heavy (non-hydrogen) atoms. The molecule has 0 bridgehead atoms. The van der Waals surface area contributed by atoms with E-state index in [1.54, 1.807) is 30.3 Å². The molecule has 7 heteroatoms. The molecule has 0 aliphatic carbocycles. The predicted octanol–water partition coefficient (Wildman–Crippen LogP) is 1.85. The third-order valence-corrected chi connectivity index (χ3v) is 4.09. The SMILES string of the molecule is CC(NC(=O)CCNC(=O)c1ccccc1)c1ccc2[nH]c(=O)[nH]c2c1. The number of carbonyl (C=O) groups is 2. The number of aromatic amines is 2. The largest absolute Gasteiger partial charge is 0.352 e. The van der Waals surface area contributed by atoms with Gasteiger partial charge in [-0.1, -0.05) is 24.3 Å². The number of carbonyl (C=O) groups excluding carboxylic acids is 2. The van der Waals surface area contributed by atoms with E-state index in [2.05, 4.69) is 20.6 Å². The Kier molecular flexibility index (Phi) is 5.17. The number of aromatic nitrogens is 2. The first kappa shape index (κ1) is 17.5. The number of fused-ring (bicyclic) bond motifs is 1. The number of imidazole rings is 1. The molecule has 134 valence electrons. The second-order valence-corrected chi connectivity index (χ2v) is 6.05. The van der Waals surface area contributed by atoms with Crippen molar-refractivity contribution in [2.24, 2.45) is 0 Å². The van der Waals surface area contributed by atoms with Gasteiger partial charge in [0.05, 0.1) is 17.1 Å². The minimum atomic E-state index is -0.261. The molecule has 3 aromatic rings. The fourth-order valence-electron chi connectivity index (χ4n) is 2.70. The second-order valence-electron chi connectivity index (χ2n) is 6.05. The minimum Gasteiger partial charge on any atom is -0.352 e. The molecule has 2 aromatic carbocycles. The van der Waals surface area contributed by atoms with Crippen LogP contribution < -0.4 is 16.3 Å². The van der Waals surface area contributed by atoms with E-state index in [1.165, 1.54) is 0 Å². The summed E-state index contributed by atoms with van der Waals surface area (Å²) < 4.78 is 0. The Hall–Kier alpha value is -3.35. The van der Waals surface area contributed by atoms with Crippen LogP contribution in [0.2, 0.25) is 0 Å².